The summed E-state index contributed by atoms with van der Waals surface area (Å²) < 4.78 is 0. The molecule has 3 heteroatoms. The molecule has 1 unspecified atom stereocenters. The molecule has 0 aromatic carbocycles. The second-order valence-corrected chi connectivity index (χ2v) is 3.75. The van der Waals surface area contributed by atoms with Gasteiger partial charge in [0.2, 0.25) is 0 Å². The van der Waals surface area contributed by atoms with Gasteiger partial charge in [0, 0.05) is 11.6 Å². The predicted octanol–water partition coefficient (Wildman–Crippen LogP) is 1.07. The molecule has 2 N–H and O–H groups in total. The second kappa shape index (κ2) is 2.92. The molecule has 2 rings (SSSR count). The Morgan fingerprint density at radius 1 is 1.45 bits per heavy atom. The average molecular weight is 178 g/mol. The summed E-state index contributed by atoms with van der Waals surface area (Å²) in [4.78, 5) is 0. The van der Waals surface area contributed by atoms with E-state index in [1.54, 1.807) is 0 Å². The van der Waals surface area contributed by atoms with E-state index in [-0.39, 0.29) is 24.0 Å². The quantitative estimate of drug-likeness (QED) is 0.628. The van der Waals surface area contributed by atoms with Crippen LogP contribution in [0, 0.1) is 0 Å². The Balaban J connectivity index is 0.000000605. The summed E-state index contributed by atoms with van der Waals surface area (Å²) in [5.41, 5.74) is 0.116. The van der Waals surface area contributed by atoms with Gasteiger partial charge in [-0.25, -0.2) is 0 Å². The number of aliphatic hydroxyl groups is 1. The van der Waals surface area contributed by atoms with Gasteiger partial charge in [0.1, 0.15) is 0 Å². The first-order chi connectivity index (χ1) is 4.73. The van der Waals surface area contributed by atoms with Gasteiger partial charge in [-0.1, -0.05) is 0 Å². The molecule has 2 nitrogen and oxygen atoms in total. The third-order valence-corrected chi connectivity index (χ3v) is 3.17. The van der Waals surface area contributed by atoms with Crippen LogP contribution < -0.4 is 5.32 Å². The number of hydrogen-bond acceptors (Lipinski definition) is 2. The molecule has 0 saturated carbocycles. The molecule has 66 valence electrons. The lowest BCUT2D eigenvalue weighted by Gasteiger charge is -2.29. The number of nitrogens with one attached hydrogen (secondary N) is 1. The topological polar surface area (TPSA) is 32.3 Å². The molecule has 2 fully saturated rings. The molecule has 2 heterocycles. The van der Waals surface area contributed by atoms with Gasteiger partial charge >= 0.3 is 0 Å². The minimum absolute atomic E-state index is 0. The number of hydrogen-bond donors (Lipinski definition) is 2. The van der Waals surface area contributed by atoms with Crippen LogP contribution in [0.15, 0.2) is 0 Å². The lowest BCUT2D eigenvalue weighted by Crippen LogP contribution is -2.46. The highest BCUT2D eigenvalue weighted by atomic mass is 35.5. The van der Waals surface area contributed by atoms with Gasteiger partial charge < -0.3 is 10.4 Å². The molecule has 11 heavy (non-hydrogen) atoms. The number of aliphatic hydroxyl groups excluding tert-OH is 1. The zero-order valence-corrected chi connectivity index (χ0v) is 7.66. The monoisotopic (exact) mass is 177 g/mol. The largest absolute Gasteiger partial charge is 0.391 e. The van der Waals surface area contributed by atoms with E-state index >= 15 is 0 Å². The highest BCUT2D eigenvalue weighted by molar-refractivity contribution is 5.85. The van der Waals surface area contributed by atoms with Gasteiger partial charge in [-0.05, 0) is 32.6 Å². The van der Waals surface area contributed by atoms with Crippen molar-refractivity contribution >= 4 is 12.4 Å². The fourth-order valence-electron chi connectivity index (χ4n) is 2.37. The Morgan fingerprint density at radius 3 is 2.18 bits per heavy atom. The summed E-state index contributed by atoms with van der Waals surface area (Å²) >= 11 is 0. The van der Waals surface area contributed by atoms with Gasteiger partial charge in [0.15, 0.2) is 0 Å². The number of rotatable bonds is 1. The SMILES string of the molecule is CC(O)C12CCC(CC1)N2.Cl. The van der Waals surface area contributed by atoms with Crippen LogP contribution >= 0.6 is 12.4 Å². The first-order valence-electron chi connectivity index (χ1n) is 4.19. The van der Waals surface area contributed by atoms with Crippen molar-refractivity contribution in [2.75, 3.05) is 0 Å². The predicted molar refractivity (Wildman–Crippen MR) is 47.1 cm³/mol. The van der Waals surface area contributed by atoms with E-state index in [4.69, 9.17) is 0 Å². The summed E-state index contributed by atoms with van der Waals surface area (Å²) in [6.07, 6.45) is 4.72. The number of fused-ring (bicyclic) bond motifs is 2. The molecular formula is C8H16ClNO. The fourth-order valence-corrected chi connectivity index (χ4v) is 2.37. The zero-order valence-electron chi connectivity index (χ0n) is 6.84. The van der Waals surface area contributed by atoms with Crippen molar-refractivity contribution in [1.82, 2.24) is 5.32 Å². The molecule has 2 aliphatic rings. The highest BCUT2D eigenvalue weighted by Crippen LogP contribution is 2.39. The van der Waals surface area contributed by atoms with Crippen molar-refractivity contribution in [3.05, 3.63) is 0 Å². The van der Waals surface area contributed by atoms with Crippen LogP contribution in [0.3, 0.4) is 0 Å². The van der Waals surface area contributed by atoms with E-state index in [9.17, 15) is 5.11 Å². The molecule has 2 aliphatic heterocycles. The Morgan fingerprint density at radius 2 is 2.00 bits per heavy atom. The van der Waals surface area contributed by atoms with Crippen molar-refractivity contribution in [2.24, 2.45) is 0 Å². The third kappa shape index (κ3) is 1.28. The Hall–Kier alpha value is 0.210. The van der Waals surface area contributed by atoms with E-state index in [0.29, 0.717) is 0 Å². The maximum atomic E-state index is 9.47. The molecule has 2 saturated heterocycles. The Kier molecular flexibility index (Phi) is 2.47. The molecule has 0 spiro atoms. The van der Waals surface area contributed by atoms with Crippen molar-refractivity contribution in [3.63, 3.8) is 0 Å². The standard InChI is InChI=1S/C8H15NO.ClH/c1-6(10)8-4-2-7(9-8)3-5-8;/h6-7,9-10H,2-5H2,1H3;1H. The molecule has 0 radical (unpaired) electrons. The van der Waals surface area contributed by atoms with Crippen LogP contribution in [0.25, 0.3) is 0 Å². The molecule has 1 atom stereocenters. The molecule has 0 amide bonds. The normalized spacial score (nSPS) is 43.6. The fraction of sp³-hybridized carbons (Fsp3) is 1.00. The highest BCUT2D eigenvalue weighted by Gasteiger charge is 2.47. The van der Waals surface area contributed by atoms with Crippen LogP contribution in [-0.2, 0) is 0 Å². The van der Waals surface area contributed by atoms with E-state index in [0.717, 1.165) is 6.04 Å². The Labute approximate surface area is 73.8 Å². The van der Waals surface area contributed by atoms with Gasteiger partial charge in [-0.3, -0.25) is 0 Å². The van der Waals surface area contributed by atoms with Crippen LogP contribution in [0.2, 0.25) is 0 Å². The van der Waals surface area contributed by atoms with Crippen molar-refractivity contribution in [1.29, 1.82) is 0 Å². The minimum atomic E-state index is -0.167. The first kappa shape index (κ1) is 9.30. The molecular weight excluding hydrogens is 162 g/mol. The van der Waals surface area contributed by atoms with Gasteiger partial charge in [0.05, 0.1) is 6.10 Å². The van der Waals surface area contributed by atoms with Gasteiger partial charge in [-0.2, -0.15) is 0 Å². The number of halogens is 1. The van der Waals surface area contributed by atoms with Crippen LogP contribution in [0.5, 0.6) is 0 Å². The van der Waals surface area contributed by atoms with Crippen molar-refractivity contribution < 1.29 is 5.11 Å². The third-order valence-electron chi connectivity index (χ3n) is 3.17. The lowest BCUT2D eigenvalue weighted by molar-refractivity contribution is 0.0907. The maximum absolute atomic E-state index is 9.47. The van der Waals surface area contributed by atoms with Crippen LogP contribution in [0.4, 0.5) is 0 Å². The Bertz CT molecular complexity index is 141. The summed E-state index contributed by atoms with van der Waals surface area (Å²) in [6, 6.07) is 0.717. The van der Waals surface area contributed by atoms with E-state index < -0.39 is 0 Å². The molecule has 0 aromatic rings. The minimum Gasteiger partial charge on any atom is -0.391 e. The van der Waals surface area contributed by atoms with Gasteiger partial charge in [-0.15, -0.1) is 12.4 Å². The maximum Gasteiger partial charge on any atom is 0.0693 e. The summed E-state index contributed by atoms with van der Waals surface area (Å²) in [6.45, 7) is 1.90. The second-order valence-electron chi connectivity index (χ2n) is 3.75. The lowest BCUT2D eigenvalue weighted by atomic mass is 9.84. The smallest absolute Gasteiger partial charge is 0.0693 e. The van der Waals surface area contributed by atoms with Crippen LogP contribution in [-0.4, -0.2) is 22.8 Å². The van der Waals surface area contributed by atoms with E-state index in [2.05, 4.69) is 5.32 Å². The summed E-state index contributed by atoms with van der Waals surface area (Å²) in [7, 11) is 0. The van der Waals surface area contributed by atoms with Crippen LogP contribution in [0.1, 0.15) is 32.6 Å². The molecule has 2 bridgehead atoms. The van der Waals surface area contributed by atoms with Crippen molar-refractivity contribution in [3.8, 4) is 0 Å². The molecule has 0 aliphatic carbocycles. The van der Waals surface area contributed by atoms with Crippen molar-refractivity contribution in [2.45, 2.75) is 50.3 Å². The van der Waals surface area contributed by atoms with Gasteiger partial charge in [0.25, 0.3) is 0 Å². The first-order valence-corrected chi connectivity index (χ1v) is 4.19. The molecule has 0 aromatic heterocycles. The zero-order chi connectivity index (χ0) is 7.19. The van der Waals surface area contributed by atoms with E-state index in [1.165, 1.54) is 25.7 Å². The van der Waals surface area contributed by atoms with E-state index in [1.807, 2.05) is 6.92 Å². The average Bonchev–Trinajstić information content (AvgIpc) is 2.45. The summed E-state index contributed by atoms with van der Waals surface area (Å²) in [5.74, 6) is 0. The summed E-state index contributed by atoms with van der Waals surface area (Å²) in [5, 5.41) is 13.0.